The number of carbonyl (C=O) groups is 3. The van der Waals surface area contributed by atoms with Crippen LogP contribution in [0.1, 0.15) is 93.2 Å². The molecule has 208 valence electrons. The molecule has 2 aromatic rings. The van der Waals surface area contributed by atoms with Crippen LogP contribution in [0.5, 0.6) is 0 Å². The summed E-state index contributed by atoms with van der Waals surface area (Å²) in [6, 6.07) is 12.9. The van der Waals surface area contributed by atoms with Crippen molar-refractivity contribution >= 4 is 23.5 Å². The van der Waals surface area contributed by atoms with Gasteiger partial charge in [0.1, 0.15) is 17.2 Å². The fraction of sp³-hybridized carbons (Fsp3) is 0.484. The maximum atomic E-state index is 14.1. The molecule has 1 saturated carbocycles. The Hall–Kier alpha value is -3.55. The molecule has 8 heteroatoms. The van der Waals surface area contributed by atoms with E-state index in [0.717, 1.165) is 44.1 Å². The molecule has 2 aliphatic rings. The van der Waals surface area contributed by atoms with Crippen molar-refractivity contribution in [2.75, 3.05) is 6.54 Å². The summed E-state index contributed by atoms with van der Waals surface area (Å²) < 4.78 is 13.7. The van der Waals surface area contributed by atoms with Gasteiger partial charge in [-0.1, -0.05) is 39.3 Å². The normalized spacial score (nSPS) is 21.8. The average Bonchev–Trinajstić information content (AvgIpc) is 3.18. The number of amides is 2. The van der Waals surface area contributed by atoms with Gasteiger partial charge >= 0.3 is 5.97 Å². The van der Waals surface area contributed by atoms with E-state index in [1.165, 1.54) is 12.1 Å². The standard InChI is InChI=1S/C31H38FN3O4/c1-4-5-26(22-6-8-24(9-7-22)29(38)33-19-16-27(36)37)35-30(39)28(23-10-12-25(32)13-11-23)34-31(35)17-14-21(15-18-31)20(2)3/h6-13,20-21,26H,4-5,14-19H2,1-3H3,(H,33,38)(H,36,37)/t21?,26-,31?/m1/s1. The monoisotopic (exact) mass is 535 g/mol. The molecule has 2 aromatic carbocycles. The van der Waals surface area contributed by atoms with Crippen molar-refractivity contribution in [2.24, 2.45) is 16.8 Å². The Bertz CT molecular complexity index is 1220. The molecule has 1 fully saturated rings. The predicted octanol–water partition coefficient (Wildman–Crippen LogP) is 5.75. The molecular weight excluding hydrogens is 497 g/mol. The zero-order chi connectivity index (χ0) is 28.2. The van der Waals surface area contributed by atoms with Gasteiger partial charge in [0.2, 0.25) is 0 Å². The van der Waals surface area contributed by atoms with Gasteiger partial charge in [0.15, 0.2) is 0 Å². The van der Waals surface area contributed by atoms with E-state index in [2.05, 4.69) is 26.1 Å². The average molecular weight is 536 g/mol. The number of carbonyl (C=O) groups excluding carboxylic acids is 2. The molecule has 0 radical (unpaired) electrons. The van der Waals surface area contributed by atoms with Gasteiger partial charge in [-0.2, -0.15) is 0 Å². The summed E-state index contributed by atoms with van der Waals surface area (Å²) in [7, 11) is 0. The summed E-state index contributed by atoms with van der Waals surface area (Å²) in [6.45, 7) is 6.63. The Morgan fingerprint density at radius 2 is 1.74 bits per heavy atom. The first-order valence-corrected chi connectivity index (χ1v) is 13.9. The third-order valence-electron chi connectivity index (χ3n) is 8.14. The van der Waals surface area contributed by atoms with E-state index in [1.54, 1.807) is 24.3 Å². The summed E-state index contributed by atoms with van der Waals surface area (Å²) in [5, 5.41) is 11.4. The molecule has 39 heavy (non-hydrogen) atoms. The molecule has 1 aliphatic carbocycles. The highest BCUT2D eigenvalue weighted by Crippen LogP contribution is 2.47. The first-order chi connectivity index (χ1) is 18.6. The number of hydrogen-bond donors (Lipinski definition) is 2. The minimum Gasteiger partial charge on any atom is -0.481 e. The van der Waals surface area contributed by atoms with E-state index >= 15 is 0 Å². The topological polar surface area (TPSA) is 99.1 Å². The van der Waals surface area contributed by atoms with E-state index in [1.807, 2.05) is 17.0 Å². The highest BCUT2D eigenvalue weighted by molar-refractivity contribution is 6.46. The Labute approximate surface area is 229 Å². The second-order valence-corrected chi connectivity index (χ2v) is 11.0. The van der Waals surface area contributed by atoms with Gasteiger partial charge < -0.3 is 15.3 Å². The van der Waals surface area contributed by atoms with E-state index in [0.29, 0.717) is 28.7 Å². The van der Waals surface area contributed by atoms with Crippen molar-refractivity contribution in [2.45, 2.75) is 77.4 Å². The van der Waals surface area contributed by atoms with Gasteiger partial charge in [-0.15, -0.1) is 0 Å². The van der Waals surface area contributed by atoms with Gasteiger partial charge in [0.25, 0.3) is 11.8 Å². The number of benzene rings is 2. The molecular formula is C31H38FN3O4. The smallest absolute Gasteiger partial charge is 0.305 e. The van der Waals surface area contributed by atoms with Crippen LogP contribution in [0.2, 0.25) is 0 Å². The highest BCUT2D eigenvalue weighted by atomic mass is 19.1. The molecule has 1 heterocycles. The lowest BCUT2D eigenvalue weighted by atomic mass is 9.76. The third kappa shape index (κ3) is 6.21. The van der Waals surface area contributed by atoms with Crippen molar-refractivity contribution < 1.29 is 23.9 Å². The zero-order valence-corrected chi connectivity index (χ0v) is 23.0. The lowest BCUT2D eigenvalue weighted by Crippen LogP contribution is -2.51. The number of aliphatic imine (C=N–C) groups is 1. The number of aliphatic carboxylic acids is 1. The molecule has 0 aromatic heterocycles. The first kappa shape index (κ1) is 28.5. The number of halogens is 1. The number of carboxylic acid groups (broad SMARTS) is 1. The first-order valence-electron chi connectivity index (χ1n) is 13.9. The van der Waals surface area contributed by atoms with Crippen molar-refractivity contribution in [3.8, 4) is 0 Å². The van der Waals surface area contributed by atoms with Crippen LogP contribution in [0.25, 0.3) is 0 Å². The summed E-state index contributed by atoms with van der Waals surface area (Å²) in [5.41, 5.74) is 1.71. The van der Waals surface area contributed by atoms with Crippen LogP contribution in [0.4, 0.5) is 4.39 Å². The van der Waals surface area contributed by atoms with Crippen molar-refractivity contribution in [1.29, 1.82) is 0 Å². The maximum absolute atomic E-state index is 14.1. The number of hydrogen-bond acceptors (Lipinski definition) is 4. The lowest BCUT2D eigenvalue weighted by Gasteiger charge is -2.46. The lowest BCUT2D eigenvalue weighted by molar-refractivity contribution is -0.137. The zero-order valence-electron chi connectivity index (χ0n) is 23.0. The van der Waals surface area contributed by atoms with Crippen LogP contribution in [0.3, 0.4) is 0 Å². The fourth-order valence-corrected chi connectivity index (χ4v) is 5.92. The van der Waals surface area contributed by atoms with E-state index in [9.17, 15) is 18.8 Å². The Balaban J connectivity index is 1.65. The minimum atomic E-state index is -0.970. The Kier molecular flexibility index (Phi) is 8.83. The second-order valence-electron chi connectivity index (χ2n) is 11.0. The SMILES string of the molecule is CCC[C@H](c1ccc(C(=O)NCCC(=O)O)cc1)N1C(=O)C(c2ccc(F)cc2)=NC12CCC(C(C)C)CC2. The number of nitrogens with zero attached hydrogens (tertiary/aromatic N) is 2. The Morgan fingerprint density at radius 3 is 2.31 bits per heavy atom. The van der Waals surface area contributed by atoms with Gasteiger partial charge in [-0.05, 0) is 85.9 Å². The van der Waals surface area contributed by atoms with Crippen LogP contribution in [-0.2, 0) is 9.59 Å². The summed E-state index contributed by atoms with van der Waals surface area (Å²) in [5.74, 6) is -0.655. The molecule has 7 nitrogen and oxygen atoms in total. The van der Waals surface area contributed by atoms with Crippen molar-refractivity contribution in [1.82, 2.24) is 10.2 Å². The maximum Gasteiger partial charge on any atom is 0.305 e. The predicted molar refractivity (Wildman–Crippen MR) is 148 cm³/mol. The third-order valence-corrected chi connectivity index (χ3v) is 8.14. The minimum absolute atomic E-state index is 0.0556. The second kappa shape index (κ2) is 12.1. The fourth-order valence-electron chi connectivity index (χ4n) is 5.92. The molecule has 2 amide bonds. The Morgan fingerprint density at radius 1 is 1.10 bits per heavy atom. The highest BCUT2D eigenvalue weighted by Gasteiger charge is 2.51. The van der Waals surface area contributed by atoms with Gasteiger partial charge in [-0.25, -0.2) is 4.39 Å². The summed E-state index contributed by atoms with van der Waals surface area (Å²) >= 11 is 0. The van der Waals surface area contributed by atoms with Crippen LogP contribution in [0, 0.1) is 17.7 Å². The van der Waals surface area contributed by atoms with E-state index in [4.69, 9.17) is 10.1 Å². The van der Waals surface area contributed by atoms with Crippen LogP contribution in [-0.4, -0.2) is 45.7 Å². The van der Waals surface area contributed by atoms with Crippen LogP contribution >= 0.6 is 0 Å². The molecule has 2 N–H and O–H groups in total. The number of carboxylic acids is 1. The molecule has 0 saturated heterocycles. The van der Waals surface area contributed by atoms with Gasteiger partial charge in [-0.3, -0.25) is 19.4 Å². The van der Waals surface area contributed by atoms with Gasteiger partial charge in [0.05, 0.1) is 12.5 Å². The van der Waals surface area contributed by atoms with E-state index in [-0.39, 0.29) is 36.6 Å². The molecule has 0 unspecified atom stereocenters. The molecule has 1 atom stereocenters. The van der Waals surface area contributed by atoms with E-state index < -0.39 is 11.6 Å². The molecule has 0 bridgehead atoms. The van der Waals surface area contributed by atoms with Crippen LogP contribution < -0.4 is 5.32 Å². The summed E-state index contributed by atoms with van der Waals surface area (Å²) in [4.78, 5) is 44.4. The summed E-state index contributed by atoms with van der Waals surface area (Å²) in [6.07, 6.45) is 4.95. The molecule has 1 spiro atoms. The van der Waals surface area contributed by atoms with Crippen LogP contribution in [0.15, 0.2) is 53.5 Å². The number of nitrogens with one attached hydrogen (secondary N) is 1. The van der Waals surface area contributed by atoms with Gasteiger partial charge in [0, 0.05) is 17.7 Å². The van der Waals surface area contributed by atoms with Crippen molar-refractivity contribution in [3.63, 3.8) is 0 Å². The molecule has 1 aliphatic heterocycles. The quantitative estimate of drug-likeness (QED) is 0.405. The van der Waals surface area contributed by atoms with Crippen molar-refractivity contribution in [3.05, 3.63) is 71.0 Å². The largest absolute Gasteiger partial charge is 0.481 e. The number of rotatable bonds is 10. The molecule has 4 rings (SSSR count).